The fourth-order valence-corrected chi connectivity index (χ4v) is 2.73. The minimum atomic E-state index is -0.269. The van der Waals surface area contributed by atoms with E-state index in [2.05, 4.69) is 27.9 Å². The van der Waals surface area contributed by atoms with Gasteiger partial charge in [-0.1, -0.05) is 48.0 Å². The normalized spacial score (nSPS) is 12.5. The van der Waals surface area contributed by atoms with Gasteiger partial charge < -0.3 is 10.4 Å². The molecule has 0 aliphatic rings. The van der Waals surface area contributed by atoms with Crippen molar-refractivity contribution in [3.05, 3.63) is 28.8 Å². The zero-order valence-corrected chi connectivity index (χ0v) is 12.6. The van der Waals surface area contributed by atoms with Gasteiger partial charge in [-0.15, -0.1) is 0 Å². The molecule has 0 aromatic heterocycles. The average Bonchev–Trinajstić information content (AvgIpc) is 2.24. The second-order valence-electron chi connectivity index (χ2n) is 4.14. The quantitative estimate of drug-likeness (QED) is 0.634. The molecule has 0 aliphatic heterocycles. The van der Waals surface area contributed by atoms with Crippen LogP contribution in [0.3, 0.4) is 0 Å². The topological polar surface area (TPSA) is 49.3 Å². The van der Waals surface area contributed by atoms with Gasteiger partial charge in [-0.05, 0) is 24.1 Å². The first-order chi connectivity index (χ1) is 7.95. The summed E-state index contributed by atoms with van der Waals surface area (Å²) in [5.74, 6) is -0.00853. The summed E-state index contributed by atoms with van der Waals surface area (Å²) < 4.78 is 0.829. The molecular weight excluding hydrogens is 352 g/mol. The molecule has 1 unspecified atom stereocenters. The highest BCUT2D eigenvalue weighted by Gasteiger charge is 2.18. The van der Waals surface area contributed by atoms with E-state index in [-0.39, 0.29) is 23.3 Å². The summed E-state index contributed by atoms with van der Waals surface area (Å²) in [6, 6.07) is 4.57. The van der Waals surface area contributed by atoms with E-state index >= 15 is 0 Å². The van der Waals surface area contributed by atoms with Crippen LogP contribution in [0.15, 0.2) is 18.2 Å². The summed E-state index contributed by atoms with van der Waals surface area (Å²) >= 11 is 7.95. The molecule has 17 heavy (non-hydrogen) atoms. The zero-order chi connectivity index (χ0) is 13.0. The highest BCUT2D eigenvalue weighted by Crippen LogP contribution is 2.22. The maximum absolute atomic E-state index is 11.9. The molecule has 1 aromatic rings. The van der Waals surface area contributed by atoms with Gasteiger partial charge in [0.25, 0.3) is 5.91 Å². The van der Waals surface area contributed by atoms with E-state index in [0.29, 0.717) is 10.9 Å². The number of phenols is 1. The number of hydrogen-bond donors (Lipinski definition) is 2. The Balaban J connectivity index is 2.82. The summed E-state index contributed by atoms with van der Waals surface area (Å²) in [4.78, 5) is 11.9. The summed E-state index contributed by atoms with van der Waals surface area (Å²) in [5, 5.41) is 12.9. The number of benzene rings is 1. The van der Waals surface area contributed by atoms with E-state index in [4.69, 9.17) is 11.6 Å². The maximum Gasteiger partial charge on any atom is 0.255 e. The Morgan fingerprint density at radius 1 is 1.53 bits per heavy atom. The molecule has 94 valence electrons. The van der Waals surface area contributed by atoms with Crippen LogP contribution in [0.2, 0.25) is 5.02 Å². The maximum atomic E-state index is 11.9. The molecule has 0 saturated carbocycles. The van der Waals surface area contributed by atoms with Crippen LogP contribution in [0.1, 0.15) is 24.2 Å². The van der Waals surface area contributed by atoms with Crippen LogP contribution in [-0.2, 0) is 0 Å². The third-order valence-corrected chi connectivity index (χ3v) is 3.68. The summed E-state index contributed by atoms with van der Waals surface area (Å²) in [5.41, 5.74) is 0.255. The van der Waals surface area contributed by atoms with Gasteiger partial charge in [0, 0.05) is 15.5 Å². The molecular formula is C12H15ClINO2. The van der Waals surface area contributed by atoms with E-state index in [1.54, 1.807) is 6.07 Å². The van der Waals surface area contributed by atoms with Crippen LogP contribution in [0.4, 0.5) is 0 Å². The molecule has 0 heterocycles. The number of carbonyl (C=O) groups excluding carboxylic acids is 1. The van der Waals surface area contributed by atoms with Crippen molar-refractivity contribution in [1.82, 2.24) is 5.32 Å². The lowest BCUT2D eigenvalue weighted by atomic mass is 10.1. The third-order valence-electron chi connectivity index (χ3n) is 2.49. The van der Waals surface area contributed by atoms with Crippen molar-refractivity contribution < 1.29 is 9.90 Å². The second kappa shape index (κ2) is 6.44. The number of hydrogen-bond acceptors (Lipinski definition) is 2. The Kier molecular flexibility index (Phi) is 5.52. The van der Waals surface area contributed by atoms with Gasteiger partial charge in [-0.2, -0.15) is 0 Å². The Labute approximate surface area is 120 Å². The lowest BCUT2D eigenvalue weighted by Crippen LogP contribution is -2.39. The highest BCUT2D eigenvalue weighted by atomic mass is 127. The van der Waals surface area contributed by atoms with Gasteiger partial charge in [0.2, 0.25) is 0 Å². The minimum Gasteiger partial charge on any atom is -0.507 e. The van der Waals surface area contributed by atoms with Gasteiger partial charge >= 0.3 is 0 Å². The van der Waals surface area contributed by atoms with Crippen molar-refractivity contribution in [3.63, 3.8) is 0 Å². The molecule has 1 aromatic carbocycles. The van der Waals surface area contributed by atoms with E-state index < -0.39 is 0 Å². The van der Waals surface area contributed by atoms with E-state index in [9.17, 15) is 9.90 Å². The highest BCUT2D eigenvalue weighted by molar-refractivity contribution is 14.1. The second-order valence-corrected chi connectivity index (χ2v) is 5.46. The summed E-state index contributed by atoms with van der Waals surface area (Å²) in [6.45, 7) is 4.09. The minimum absolute atomic E-state index is 0.0917. The van der Waals surface area contributed by atoms with Gasteiger partial charge in [0.1, 0.15) is 5.75 Å². The van der Waals surface area contributed by atoms with Crippen LogP contribution >= 0.6 is 34.2 Å². The SMILES string of the molecule is CC(C)C(CI)NC(=O)c1ccc(Cl)cc1O. The molecule has 0 fully saturated rings. The van der Waals surface area contributed by atoms with Gasteiger partial charge in [-0.3, -0.25) is 4.79 Å². The van der Waals surface area contributed by atoms with Crippen molar-refractivity contribution in [2.75, 3.05) is 4.43 Å². The third kappa shape index (κ3) is 4.03. The molecule has 0 spiro atoms. The number of amides is 1. The lowest BCUT2D eigenvalue weighted by molar-refractivity contribution is 0.0929. The van der Waals surface area contributed by atoms with Crippen molar-refractivity contribution in [1.29, 1.82) is 0 Å². The van der Waals surface area contributed by atoms with Crippen molar-refractivity contribution in [3.8, 4) is 5.75 Å². The fraction of sp³-hybridized carbons (Fsp3) is 0.417. The van der Waals surface area contributed by atoms with Crippen molar-refractivity contribution >= 4 is 40.1 Å². The van der Waals surface area contributed by atoms with Crippen molar-refractivity contribution in [2.24, 2.45) is 5.92 Å². The molecule has 3 nitrogen and oxygen atoms in total. The molecule has 0 radical (unpaired) electrons. The van der Waals surface area contributed by atoms with Crippen molar-refractivity contribution in [2.45, 2.75) is 19.9 Å². The number of phenolic OH excluding ortho intramolecular Hbond substituents is 1. The summed E-state index contributed by atoms with van der Waals surface area (Å²) in [6.07, 6.45) is 0. The van der Waals surface area contributed by atoms with Crippen LogP contribution in [0, 0.1) is 5.92 Å². The first-order valence-electron chi connectivity index (χ1n) is 5.31. The molecule has 0 bridgehead atoms. The van der Waals surface area contributed by atoms with E-state index in [1.807, 2.05) is 13.8 Å². The average molecular weight is 368 g/mol. The first kappa shape index (κ1) is 14.6. The Morgan fingerprint density at radius 3 is 2.65 bits per heavy atom. The Morgan fingerprint density at radius 2 is 2.18 bits per heavy atom. The fourth-order valence-electron chi connectivity index (χ4n) is 1.33. The monoisotopic (exact) mass is 367 g/mol. The smallest absolute Gasteiger partial charge is 0.255 e. The molecule has 0 aliphatic carbocycles. The predicted octanol–water partition coefficient (Wildman–Crippen LogP) is 3.24. The standard InChI is InChI=1S/C12H15ClINO2/c1-7(2)10(6-14)15-12(17)9-4-3-8(13)5-11(9)16/h3-5,7,10,16H,6H2,1-2H3,(H,15,17). The van der Waals surface area contributed by atoms with Crippen LogP contribution in [-0.4, -0.2) is 21.5 Å². The molecule has 1 rings (SSSR count). The van der Waals surface area contributed by atoms with E-state index in [0.717, 1.165) is 4.43 Å². The van der Waals surface area contributed by atoms with Crippen LogP contribution in [0.5, 0.6) is 5.75 Å². The predicted molar refractivity (Wildman–Crippen MR) is 78.1 cm³/mol. The number of nitrogens with one attached hydrogen (secondary N) is 1. The number of alkyl halides is 1. The van der Waals surface area contributed by atoms with Crippen LogP contribution in [0.25, 0.3) is 0 Å². The van der Waals surface area contributed by atoms with Gasteiger partial charge in [0.05, 0.1) is 5.56 Å². The van der Waals surface area contributed by atoms with E-state index in [1.165, 1.54) is 12.1 Å². The number of aromatic hydroxyl groups is 1. The molecule has 1 atom stereocenters. The van der Waals surface area contributed by atoms with Gasteiger partial charge in [-0.25, -0.2) is 0 Å². The Hall–Kier alpha value is -0.490. The lowest BCUT2D eigenvalue weighted by Gasteiger charge is -2.20. The number of halogens is 2. The summed E-state index contributed by atoms with van der Waals surface area (Å²) in [7, 11) is 0. The zero-order valence-electron chi connectivity index (χ0n) is 9.71. The van der Waals surface area contributed by atoms with Gasteiger partial charge in [0.15, 0.2) is 0 Å². The van der Waals surface area contributed by atoms with Crippen LogP contribution < -0.4 is 5.32 Å². The first-order valence-corrected chi connectivity index (χ1v) is 7.21. The largest absolute Gasteiger partial charge is 0.507 e. The molecule has 2 N–H and O–H groups in total. The molecule has 1 amide bonds. The Bertz CT molecular complexity index is 409. The molecule has 0 saturated heterocycles. The number of rotatable bonds is 4. The number of carbonyl (C=O) groups is 1. The molecule has 5 heteroatoms.